The van der Waals surface area contributed by atoms with Crippen molar-refractivity contribution in [2.75, 3.05) is 13.1 Å². The van der Waals surface area contributed by atoms with E-state index in [0.717, 1.165) is 6.07 Å². The predicted molar refractivity (Wildman–Crippen MR) is 62.4 cm³/mol. The number of aliphatic carboxylic acids is 1. The van der Waals surface area contributed by atoms with Crippen LogP contribution in [0, 0.1) is 17.6 Å². The smallest absolute Gasteiger partial charge is 0.308 e. The van der Waals surface area contributed by atoms with Crippen LogP contribution in [0.15, 0.2) is 18.2 Å². The Kier molecular flexibility index (Phi) is 3.78. The van der Waals surface area contributed by atoms with Crippen molar-refractivity contribution >= 4 is 11.9 Å². The molecule has 0 spiro atoms. The second kappa shape index (κ2) is 5.34. The number of hydrogen-bond donors (Lipinski definition) is 1. The lowest BCUT2D eigenvalue weighted by atomic mass is 10.1. The highest BCUT2D eigenvalue weighted by atomic mass is 19.1. The average molecular weight is 269 g/mol. The molecule has 1 heterocycles. The van der Waals surface area contributed by atoms with Gasteiger partial charge in [0.15, 0.2) is 0 Å². The summed E-state index contributed by atoms with van der Waals surface area (Å²) < 4.78 is 25.9. The van der Waals surface area contributed by atoms with Crippen molar-refractivity contribution in [3.8, 4) is 0 Å². The molecule has 19 heavy (non-hydrogen) atoms. The summed E-state index contributed by atoms with van der Waals surface area (Å²) in [6, 6.07) is 3.20. The summed E-state index contributed by atoms with van der Waals surface area (Å²) in [5.74, 6) is -3.23. The number of benzene rings is 1. The number of carboxylic acids is 1. The van der Waals surface area contributed by atoms with Gasteiger partial charge in [0, 0.05) is 25.6 Å². The van der Waals surface area contributed by atoms with Crippen LogP contribution in [0.4, 0.5) is 8.78 Å². The number of carbonyl (C=O) groups excluding carboxylic acids is 1. The molecule has 1 aliphatic heterocycles. The Labute approximate surface area is 108 Å². The highest BCUT2D eigenvalue weighted by Crippen LogP contribution is 2.18. The quantitative estimate of drug-likeness (QED) is 0.899. The van der Waals surface area contributed by atoms with Gasteiger partial charge in [0.05, 0.1) is 5.92 Å². The molecule has 1 amide bonds. The third-order valence-corrected chi connectivity index (χ3v) is 3.16. The van der Waals surface area contributed by atoms with E-state index in [1.165, 1.54) is 17.0 Å². The van der Waals surface area contributed by atoms with Crippen molar-refractivity contribution in [3.05, 3.63) is 35.4 Å². The topological polar surface area (TPSA) is 57.6 Å². The summed E-state index contributed by atoms with van der Waals surface area (Å²) in [6.45, 7) is 0.428. The lowest BCUT2D eigenvalue weighted by Crippen LogP contribution is -2.28. The van der Waals surface area contributed by atoms with Crippen LogP contribution in [0.5, 0.6) is 0 Å². The van der Waals surface area contributed by atoms with E-state index in [2.05, 4.69) is 0 Å². The van der Waals surface area contributed by atoms with Gasteiger partial charge >= 0.3 is 5.97 Å². The van der Waals surface area contributed by atoms with Crippen LogP contribution in [0.2, 0.25) is 0 Å². The number of likely N-dealkylation sites (tertiary alicyclic amines) is 1. The molecule has 0 saturated carbocycles. The van der Waals surface area contributed by atoms with Crippen molar-refractivity contribution in [1.82, 2.24) is 4.90 Å². The summed E-state index contributed by atoms with van der Waals surface area (Å²) in [6.07, 6.45) is 0.291. The number of halogens is 2. The molecule has 1 atom stereocenters. The van der Waals surface area contributed by atoms with Gasteiger partial charge in [-0.15, -0.1) is 0 Å². The normalized spacial score (nSPS) is 18.9. The molecule has 0 aliphatic carbocycles. The monoisotopic (exact) mass is 269 g/mol. The molecule has 1 N–H and O–H groups in total. The Hall–Kier alpha value is -1.98. The molecule has 1 saturated heterocycles. The molecular weight excluding hydrogens is 256 g/mol. The van der Waals surface area contributed by atoms with E-state index < -0.39 is 23.5 Å². The lowest BCUT2D eigenvalue weighted by Gasteiger charge is -2.15. The van der Waals surface area contributed by atoms with E-state index in [0.29, 0.717) is 12.0 Å². The average Bonchev–Trinajstić information content (AvgIpc) is 2.67. The van der Waals surface area contributed by atoms with Gasteiger partial charge in [0.1, 0.15) is 11.6 Å². The van der Waals surface area contributed by atoms with Crippen LogP contribution in [0.25, 0.3) is 0 Å². The molecular formula is C13H13F2NO3. The first-order valence-corrected chi connectivity index (χ1v) is 5.91. The van der Waals surface area contributed by atoms with Gasteiger partial charge in [-0.25, -0.2) is 8.78 Å². The Bertz CT molecular complexity index is 498. The van der Waals surface area contributed by atoms with Crippen LogP contribution < -0.4 is 0 Å². The van der Waals surface area contributed by atoms with Gasteiger partial charge in [0.2, 0.25) is 5.91 Å². The van der Waals surface area contributed by atoms with E-state index in [9.17, 15) is 18.4 Å². The first kappa shape index (κ1) is 13.5. The third-order valence-electron chi connectivity index (χ3n) is 3.16. The molecule has 2 rings (SSSR count). The molecule has 4 nitrogen and oxygen atoms in total. The minimum Gasteiger partial charge on any atom is -0.481 e. The molecule has 1 aliphatic rings. The largest absolute Gasteiger partial charge is 0.481 e. The van der Waals surface area contributed by atoms with E-state index in [1.807, 2.05) is 0 Å². The van der Waals surface area contributed by atoms with Gasteiger partial charge in [-0.3, -0.25) is 9.59 Å². The minimum absolute atomic E-state index is 0.00710. The first-order valence-electron chi connectivity index (χ1n) is 5.91. The van der Waals surface area contributed by atoms with Crippen molar-refractivity contribution in [1.29, 1.82) is 0 Å². The highest BCUT2D eigenvalue weighted by Gasteiger charge is 2.33. The fourth-order valence-electron chi connectivity index (χ4n) is 2.17. The van der Waals surface area contributed by atoms with Crippen LogP contribution in [-0.2, 0) is 16.0 Å². The molecule has 1 fully saturated rings. The van der Waals surface area contributed by atoms with Gasteiger partial charge < -0.3 is 10.0 Å². The molecule has 1 unspecified atom stereocenters. The van der Waals surface area contributed by atoms with Crippen molar-refractivity contribution in [3.63, 3.8) is 0 Å². The van der Waals surface area contributed by atoms with E-state index in [4.69, 9.17) is 5.11 Å². The number of nitrogens with zero attached hydrogens (tertiary/aromatic N) is 1. The summed E-state index contributed by atoms with van der Waals surface area (Å²) >= 11 is 0. The highest BCUT2D eigenvalue weighted by molar-refractivity contribution is 5.86. The van der Waals surface area contributed by atoms with Crippen molar-refractivity contribution < 1.29 is 23.5 Å². The molecule has 1 aromatic carbocycles. The second-order valence-corrected chi connectivity index (χ2v) is 4.61. The summed E-state index contributed by atoms with van der Waals surface area (Å²) in [5, 5.41) is 8.83. The fraction of sp³-hybridized carbons (Fsp3) is 0.385. The van der Waals surface area contributed by atoms with E-state index in [1.54, 1.807) is 0 Å². The summed E-state index contributed by atoms with van der Waals surface area (Å²) in [7, 11) is 0. The zero-order chi connectivity index (χ0) is 14.0. The molecule has 0 aromatic heterocycles. The molecule has 102 valence electrons. The Morgan fingerprint density at radius 3 is 2.47 bits per heavy atom. The van der Waals surface area contributed by atoms with E-state index in [-0.39, 0.29) is 25.4 Å². The maximum absolute atomic E-state index is 13.0. The standard InChI is InChI=1S/C13H13F2NO3/c14-10-3-8(4-11(15)6-10)1-2-16-7-9(13(18)19)5-12(16)17/h3-4,6,9H,1-2,5,7H2,(H,18,19). The summed E-state index contributed by atoms with van der Waals surface area (Å²) in [5.41, 5.74) is 0.448. The number of hydrogen-bond acceptors (Lipinski definition) is 2. The summed E-state index contributed by atoms with van der Waals surface area (Å²) in [4.78, 5) is 23.8. The number of carboxylic acid groups (broad SMARTS) is 1. The molecule has 0 bridgehead atoms. The van der Waals surface area contributed by atoms with Crippen LogP contribution in [0.3, 0.4) is 0 Å². The van der Waals surface area contributed by atoms with Crippen LogP contribution in [-0.4, -0.2) is 35.0 Å². The van der Waals surface area contributed by atoms with E-state index >= 15 is 0 Å². The number of carbonyl (C=O) groups is 2. The Morgan fingerprint density at radius 2 is 1.95 bits per heavy atom. The fourth-order valence-corrected chi connectivity index (χ4v) is 2.17. The maximum Gasteiger partial charge on any atom is 0.308 e. The molecule has 1 aromatic rings. The van der Waals surface area contributed by atoms with Gasteiger partial charge in [-0.2, -0.15) is 0 Å². The maximum atomic E-state index is 13.0. The van der Waals surface area contributed by atoms with Gasteiger partial charge in [-0.05, 0) is 24.1 Å². The zero-order valence-electron chi connectivity index (χ0n) is 10.1. The number of amides is 1. The second-order valence-electron chi connectivity index (χ2n) is 4.61. The SMILES string of the molecule is O=C(O)C1CC(=O)N(CCc2cc(F)cc(F)c2)C1. The van der Waals surface area contributed by atoms with Crippen LogP contribution >= 0.6 is 0 Å². The van der Waals surface area contributed by atoms with Gasteiger partial charge in [-0.1, -0.05) is 0 Å². The van der Waals surface area contributed by atoms with Gasteiger partial charge in [0.25, 0.3) is 0 Å². The Morgan fingerprint density at radius 1 is 1.32 bits per heavy atom. The predicted octanol–water partition coefficient (Wildman–Crippen LogP) is 1.44. The minimum atomic E-state index is -0.993. The van der Waals surface area contributed by atoms with Crippen LogP contribution in [0.1, 0.15) is 12.0 Å². The first-order chi connectivity index (χ1) is 8.95. The number of rotatable bonds is 4. The van der Waals surface area contributed by atoms with Crippen molar-refractivity contribution in [2.24, 2.45) is 5.92 Å². The lowest BCUT2D eigenvalue weighted by molar-refractivity contribution is -0.141. The van der Waals surface area contributed by atoms with Crippen molar-refractivity contribution in [2.45, 2.75) is 12.8 Å². The zero-order valence-corrected chi connectivity index (χ0v) is 10.1. The third kappa shape index (κ3) is 3.27. The molecule has 6 heteroatoms. The molecule has 0 radical (unpaired) electrons. The Balaban J connectivity index is 1.95.